The lowest BCUT2D eigenvalue weighted by Gasteiger charge is -2.24. The van der Waals surface area contributed by atoms with E-state index in [0.29, 0.717) is 5.92 Å². The summed E-state index contributed by atoms with van der Waals surface area (Å²) in [5.74, 6) is 0.887. The maximum absolute atomic E-state index is 11.7. The van der Waals surface area contributed by atoms with Gasteiger partial charge in [0, 0.05) is 20.1 Å². The molecule has 13 heavy (non-hydrogen) atoms. The maximum Gasteiger partial charge on any atom is 0.250 e. The van der Waals surface area contributed by atoms with E-state index in [1.54, 1.807) is 7.05 Å². The Morgan fingerprint density at radius 1 is 1.54 bits per heavy atom. The highest BCUT2D eigenvalue weighted by atomic mass is 16.7. The van der Waals surface area contributed by atoms with Gasteiger partial charge in [0.25, 0.3) is 5.91 Å². The van der Waals surface area contributed by atoms with Gasteiger partial charge < -0.3 is 4.90 Å². The molecular formula is C9H16N2O2. The summed E-state index contributed by atoms with van der Waals surface area (Å²) < 4.78 is 0. The number of carbonyl (C=O) groups is 1. The fourth-order valence-electron chi connectivity index (χ4n) is 2.39. The van der Waals surface area contributed by atoms with Crippen molar-refractivity contribution in [1.82, 2.24) is 9.96 Å². The lowest BCUT2D eigenvalue weighted by Crippen LogP contribution is -2.38. The van der Waals surface area contributed by atoms with Crippen molar-refractivity contribution in [3.05, 3.63) is 0 Å². The van der Waals surface area contributed by atoms with Gasteiger partial charge >= 0.3 is 0 Å². The number of hydrogen-bond acceptors (Lipinski definition) is 3. The summed E-state index contributed by atoms with van der Waals surface area (Å²) in [4.78, 5) is 19.0. The predicted octanol–water partition coefficient (Wildman–Crippen LogP) is -0.0421. The second-order valence-electron chi connectivity index (χ2n) is 3.93. The highest BCUT2D eigenvalue weighted by Gasteiger charge is 2.42. The largest absolute Gasteiger partial charge is 0.302 e. The Morgan fingerprint density at radius 2 is 2.31 bits per heavy atom. The van der Waals surface area contributed by atoms with Crippen LogP contribution in [-0.2, 0) is 9.63 Å². The van der Waals surface area contributed by atoms with Gasteiger partial charge in [-0.1, -0.05) is 0 Å². The third-order valence-corrected chi connectivity index (χ3v) is 3.23. The van der Waals surface area contributed by atoms with E-state index in [9.17, 15) is 4.79 Å². The van der Waals surface area contributed by atoms with Gasteiger partial charge in [-0.05, 0) is 18.9 Å². The average molecular weight is 184 g/mol. The first kappa shape index (κ1) is 8.97. The van der Waals surface area contributed by atoms with Crippen molar-refractivity contribution in [3.63, 3.8) is 0 Å². The summed E-state index contributed by atoms with van der Waals surface area (Å²) >= 11 is 0. The molecule has 0 spiro atoms. The van der Waals surface area contributed by atoms with Crippen LogP contribution in [0.2, 0.25) is 0 Å². The van der Waals surface area contributed by atoms with Gasteiger partial charge in [0.1, 0.15) is 0 Å². The minimum atomic E-state index is 0.134. The number of piperidine rings is 1. The van der Waals surface area contributed by atoms with Crippen LogP contribution in [-0.4, -0.2) is 49.7 Å². The molecular weight excluding hydrogens is 168 g/mol. The quantitative estimate of drug-likeness (QED) is 0.564. The molecule has 0 N–H and O–H groups in total. The third kappa shape index (κ3) is 1.44. The number of nitrogens with zero attached hydrogens (tertiary/aromatic N) is 2. The molecule has 0 saturated carbocycles. The highest BCUT2D eigenvalue weighted by molar-refractivity contribution is 5.78. The normalized spacial score (nSPS) is 36.6. The standard InChI is InChI=1S/C9H16N2O2/c1-10(13-2)9(12)8-6-11-4-3-7(8)5-11/h7-8H,3-6H2,1-2H3/t7-,8+/m0/s1. The molecule has 0 aromatic rings. The number of hydrogen-bond donors (Lipinski definition) is 0. The highest BCUT2D eigenvalue weighted by Crippen LogP contribution is 2.33. The lowest BCUT2D eigenvalue weighted by molar-refractivity contribution is -0.174. The zero-order valence-electron chi connectivity index (χ0n) is 8.19. The molecule has 1 unspecified atom stereocenters. The first-order valence-electron chi connectivity index (χ1n) is 4.76. The maximum atomic E-state index is 11.7. The summed E-state index contributed by atoms with van der Waals surface area (Å²) in [6.07, 6.45) is 1.17. The Morgan fingerprint density at radius 3 is 2.77 bits per heavy atom. The van der Waals surface area contributed by atoms with Gasteiger partial charge in [0.05, 0.1) is 13.0 Å². The van der Waals surface area contributed by atoms with E-state index in [1.165, 1.54) is 25.1 Å². The van der Waals surface area contributed by atoms with E-state index < -0.39 is 0 Å². The summed E-state index contributed by atoms with van der Waals surface area (Å²) in [6, 6.07) is 0. The molecule has 3 atom stereocenters. The molecule has 1 amide bonds. The Hall–Kier alpha value is -0.610. The average Bonchev–Trinajstić information content (AvgIpc) is 2.76. The van der Waals surface area contributed by atoms with Gasteiger partial charge in [-0.25, -0.2) is 5.06 Å². The summed E-state index contributed by atoms with van der Waals surface area (Å²) in [5.41, 5.74) is 0. The molecule has 74 valence electrons. The second-order valence-corrected chi connectivity index (χ2v) is 3.93. The van der Waals surface area contributed by atoms with E-state index >= 15 is 0 Å². The SMILES string of the molecule is CON(C)C(=O)[C@@H]1CN2CC[C@H]1C2. The Bertz CT molecular complexity index is 220. The molecule has 2 heterocycles. The number of rotatable bonds is 2. The van der Waals surface area contributed by atoms with E-state index in [2.05, 4.69) is 4.90 Å². The van der Waals surface area contributed by atoms with E-state index in [0.717, 1.165) is 13.1 Å². The number of fused-ring (bicyclic) bond motifs is 2. The van der Waals surface area contributed by atoms with Crippen LogP contribution in [0.5, 0.6) is 0 Å². The fraction of sp³-hybridized carbons (Fsp3) is 0.889. The van der Waals surface area contributed by atoms with E-state index in [4.69, 9.17) is 4.84 Å². The Kier molecular flexibility index (Phi) is 2.26. The molecule has 4 nitrogen and oxygen atoms in total. The van der Waals surface area contributed by atoms with Crippen LogP contribution in [0.15, 0.2) is 0 Å². The number of hydroxylamine groups is 2. The third-order valence-electron chi connectivity index (χ3n) is 3.23. The van der Waals surface area contributed by atoms with Crippen molar-refractivity contribution < 1.29 is 9.63 Å². The number of carbonyl (C=O) groups excluding carboxylic acids is 1. The smallest absolute Gasteiger partial charge is 0.250 e. The van der Waals surface area contributed by atoms with Crippen LogP contribution in [0.25, 0.3) is 0 Å². The van der Waals surface area contributed by atoms with Crippen LogP contribution in [0.1, 0.15) is 6.42 Å². The fourth-order valence-corrected chi connectivity index (χ4v) is 2.39. The van der Waals surface area contributed by atoms with Gasteiger partial charge in [-0.2, -0.15) is 0 Å². The topological polar surface area (TPSA) is 32.8 Å². The minimum Gasteiger partial charge on any atom is -0.302 e. The van der Waals surface area contributed by atoms with Crippen LogP contribution in [0, 0.1) is 11.8 Å². The summed E-state index contributed by atoms with van der Waals surface area (Å²) in [6.45, 7) is 3.20. The molecule has 0 radical (unpaired) electrons. The van der Waals surface area contributed by atoms with Crippen LogP contribution < -0.4 is 0 Å². The Labute approximate surface area is 78.4 Å². The van der Waals surface area contributed by atoms with Gasteiger partial charge in [-0.15, -0.1) is 0 Å². The summed E-state index contributed by atoms with van der Waals surface area (Å²) in [5, 5.41) is 1.35. The zero-order valence-corrected chi connectivity index (χ0v) is 8.19. The van der Waals surface area contributed by atoms with Crippen LogP contribution >= 0.6 is 0 Å². The second kappa shape index (κ2) is 3.27. The van der Waals surface area contributed by atoms with Gasteiger partial charge in [0.2, 0.25) is 0 Å². The zero-order chi connectivity index (χ0) is 9.42. The monoisotopic (exact) mass is 184 g/mol. The Balaban J connectivity index is 1.98. The molecule has 2 aliphatic rings. The molecule has 2 fully saturated rings. The predicted molar refractivity (Wildman–Crippen MR) is 47.8 cm³/mol. The van der Waals surface area contributed by atoms with Crippen molar-refractivity contribution >= 4 is 5.91 Å². The van der Waals surface area contributed by atoms with E-state index in [1.807, 2.05) is 0 Å². The van der Waals surface area contributed by atoms with Crippen molar-refractivity contribution in [3.8, 4) is 0 Å². The van der Waals surface area contributed by atoms with Gasteiger partial charge in [-0.3, -0.25) is 9.63 Å². The lowest BCUT2D eigenvalue weighted by atomic mass is 9.92. The minimum absolute atomic E-state index is 0.134. The van der Waals surface area contributed by atoms with Crippen molar-refractivity contribution in [2.45, 2.75) is 6.42 Å². The van der Waals surface area contributed by atoms with Crippen molar-refractivity contribution in [2.75, 3.05) is 33.8 Å². The molecule has 0 aromatic carbocycles. The number of amides is 1. The summed E-state index contributed by atoms with van der Waals surface area (Å²) in [7, 11) is 3.22. The van der Waals surface area contributed by atoms with Gasteiger partial charge in [0.15, 0.2) is 0 Å². The van der Waals surface area contributed by atoms with Crippen LogP contribution in [0.3, 0.4) is 0 Å². The molecule has 2 bridgehead atoms. The molecule has 2 aliphatic heterocycles. The van der Waals surface area contributed by atoms with Crippen LogP contribution in [0.4, 0.5) is 0 Å². The molecule has 2 saturated heterocycles. The first-order chi connectivity index (χ1) is 6.22. The molecule has 0 aliphatic carbocycles. The molecule has 2 rings (SSSR count). The van der Waals surface area contributed by atoms with Crippen molar-refractivity contribution in [1.29, 1.82) is 0 Å². The van der Waals surface area contributed by atoms with Crippen molar-refractivity contribution in [2.24, 2.45) is 11.8 Å². The molecule has 4 heteroatoms. The first-order valence-corrected chi connectivity index (χ1v) is 4.76. The molecule has 0 aromatic heterocycles. The van der Waals surface area contributed by atoms with E-state index in [-0.39, 0.29) is 11.8 Å².